The maximum atomic E-state index is 12.9. The van der Waals surface area contributed by atoms with Crippen LogP contribution >= 0.6 is 11.8 Å². The van der Waals surface area contributed by atoms with Gasteiger partial charge in [0.2, 0.25) is 0 Å². The number of hydrogen-bond acceptors (Lipinski definition) is 4. The fourth-order valence-electron chi connectivity index (χ4n) is 3.59. The molecular formula is C24H19N3O2S. The molecule has 0 amide bonds. The molecule has 6 heteroatoms. The summed E-state index contributed by atoms with van der Waals surface area (Å²) in [5.41, 5.74) is 4.56. The highest BCUT2D eigenvalue weighted by atomic mass is 32.2. The van der Waals surface area contributed by atoms with E-state index in [1.807, 2.05) is 72.8 Å². The number of imidazole rings is 1. The molecule has 2 aromatic heterocycles. The predicted octanol–water partition coefficient (Wildman–Crippen LogP) is 5.49. The number of ketones is 1. The number of Topliss-reactive ketones (excluding diaryl/α,β-unsaturated/α-hetero) is 1. The van der Waals surface area contributed by atoms with Crippen LogP contribution in [0.5, 0.6) is 5.75 Å². The average Bonchev–Trinajstić information content (AvgIpc) is 3.39. The van der Waals surface area contributed by atoms with Gasteiger partial charge in [0.05, 0.1) is 23.9 Å². The van der Waals surface area contributed by atoms with Crippen molar-refractivity contribution in [3.05, 3.63) is 84.6 Å². The zero-order valence-corrected chi connectivity index (χ0v) is 17.1. The number of carbonyl (C=O) groups is 1. The number of nitrogens with one attached hydrogen (secondary N) is 1. The molecule has 148 valence electrons. The second-order valence-corrected chi connectivity index (χ2v) is 7.82. The molecule has 0 fully saturated rings. The second-order valence-electron chi connectivity index (χ2n) is 6.88. The highest BCUT2D eigenvalue weighted by molar-refractivity contribution is 7.99. The van der Waals surface area contributed by atoms with Gasteiger partial charge in [-0.2, -0.15) is 0 Å². The van der Waals surface area contributed by atoms with Gasteiger partial charge in [0.1, 0.15) is 5.75 Å². The zero-order valence-electron chi connectivity index (χ0n) is 16.3. The molecule has 30 heavy (non-hydrogen) atoms. The minimum absolute atomic E-state index is 0.0748. The van der Waals surface area contributed by atoms with Gasteiger partial charge in [0.15, 0.2) is 10.9 Å². The topological polar surface area (TPSA) is 59.9 Å². The first-order valence-corrected chi connectivity index (χ1v) is 10.6. The lowest BCUT2D eigenvalue weighted by Gasteiger charge is -2.09. The van der Waals surface area contributed by atoms with Gasteiger partial charge in [0, 0.05) is 28.4 Å². The Kier molecular flexibility index (Phi) is 4.77. The third-order valence-corrected chi connectivity index (χ3v) is 6.02. The van der Waals surface area contributed by atoms with E-state index in [1.165, 1.54) is 11.8 Å². The summed E-state index contributed by atoms with van der Waals surface area (Å²) in [4.78, 5) is 20.9. The fraction of sp³-hybridized carbons (Fsp3) is 0.0833. The first kappa shape index (κ1) is 18.5. The van der Waals surface area contributed by atoms with Gasteiger partial charge in [-0.25, -0.2) is 4.98 Å². The van der Waals surface area contributed by atoms with Crippen LogP contribution in [-0.2, 0) is 0 Å². The van der Waals surface area contributed by atoms with Crippen LogP contribution in [-0.4, -0.2) is 33.2 Å². The first-order valence-electron chi connectivity index (χ1n) is 9.58. The van der Waals surface area contributed by atoms with Crippen molar-refractivity contribution in [3.8, 4) is 11.4 Å². The number of fused-ring (bicyclic) bond motifs is 2. The Morgan fingerprint density at radius 3 is 2.63 bits per heavy atom. The summed E-state index contributed by atoms with van der Waals surface area (Å²) in [6, 6.07) is 23.7. The van der Waals surface area contributed by atoms with E-state index in [4.69, 9.17) is 9.72 Å². The third kappa shape index (κ3) is 3.25. The van der Waals surface area contributed by atoms with Crippen molar-refractivity contribution >= 4 is 39.5 Å². The number of ether oxygens (including phenoxy) is 1. The molecule has 2 heterocycles. The summed E-state index contributed by atoms with van der Waals surface area (Å²) in [7, 11) is 1.65. The van der Waals surface area contributed by atoms with Crippen LogP contribution in [0.15, 0.2) is 84.1 Å². The van der Waals surface area contributed by atoms with E-state index in [1.54, 1.807) is 13.3 Å². The Morgan fingerprint density at radius 2 is 1.80 bits per heavy atom. The summed E-state index contributed by atoms with van der Waals surface area (Å²) in [5.74, 6) is 1.18. The largest absolute Gasteiger partial charge is 0.497 e. The molecule has 3 aromatic carbocycles. The van der Waals surface area contributed by atoms with Crippen molar-refractivity contribution < 1.29 is 9.53 Å². The third-order valence-electron chi connectivity index (χ3n) is 5.08. The predicted molar refractivity (Wildman–Crippen MR) is 121 cm³/mol. The number of thioether (sulfide) groups is 1. The fourth-order valence-corrected chi connectivity index (χ4v) is 4.50. The number of methoxy groups -OCH3 is 1. The van der Waals surface area contributed by atoms with Crippen LogP contribution < -0.4 is 4.74 Å². The van der Waals surface area contributed by atoms with Gasteiger partial charge in [0.25, 0.3) is 0 Å². The second kappa shape index (κ2) is 7.72. The number of hydrogen-bond donors (Lipinski definition) is 1. The van der Waals surface area contributed by atoms with Crippen molar-refractivity contribution in [2.75, 3.05) is 12.9 Å². The Morgan fingerprint density at radius 1 is 1.03 bits per heavy atom. The van der Waals surface area contributed by atoms with Crippen LogP contribution in [0.2, 0.25) is 0 Å². The molecule has 5 aromatic rings. The molecule has 0 bridgehead atoms. The number of para-hydroxylation sites is 3. The minimum Gasteiger partial charge on any atom is -0.497 e. The summed E-state index contributed by atoms with van der Waals surface area (Å²) in [5, 5.41) is 1.74. The van der Waals surface area contributed by atoms with Gasteiger partial charge in [-0.15, -0.1) is 0 Å². The summed E-state index contributed by atoms with van der Waals surface area (Å²) in [6.45, 7) is 0. The van der Waals surface area contributed by atoms with Crippen molar-refractivity contribution in [2.45, 2.75) is 5.16 Å². The van der Waals surface area contributed by atoms with E-state index in [0.717, 1.165) is 38.5 Å². The standard InChI is InChI=1S/C24H19N3O2S/c1-29-17-12-10-16(11-13-17)27-22-9-5-4-8-21(22)26-24(27)30-15-23(28)19-14-25-20-7-3-2-6-18(19)20/h2-14,25H,15H2,1H3. The first-order chi connectivity index (χ1) is 14.7. The highest BCUT2D eigenvalue weighted by Gasteiger charge is 2.17. The summed E-state index contributed by atoms with van der Waals surface area (Å²) < 4.78 is 7.37. The Bertz CT molecular complexity index is 1350. The van der Waals surface area contributed by atoms with Gasteiger partial charge < -0.3 is 9.72 Å². The molecule has 0 radical (unpaired) electrons. The quantitative estimate of drug-likeness (QED) is 0.295. The molecule has 0 saturated carbocycles. The maximum absolute atomic E-state index is 12.9. The lowest BCUT2D eigenvalue weighted by molar-refractivity contribution is 0.102. The van der Waals surface area contributed by atoms with Crippen LogP contribution in [0.4, 0.5) is 0 Å². The van der Waals surface area contributed by atoms with Crippen molar-refractivity contribution in [1.82, 2.24) is 14.5 Å². The molecule has 1 N–H and O–H groups in total. The Balaban J connectivity index is 1.48. The van der Waals surface area contributed by atoms with Crippen molar-refractivity contribution in [2.24, 2.45) is 0 Å². The van der Waals surface area contributed by atoms with Crippen LogP contribution in [0.25, 0.3) is 27.6 Å². The number of aromatic amines is 1. The van der Waals surface area contributed by atoms with Gasteiger partial charge >= 0.3 is 0 Å². The van der Waals surface area contributed by atoms with Gasteiger partial charge in [-0.05, 0) is 42.5 Å². The lowest BCUT2D eigenvalue weighted by atomic mass is 10.1. The minimum atomic E-state index is 0.0748. The van der Waals surface area contributed by atoms with E-state index in [0.29, 0.717) is 11.3 Å². The van der Waals surface area contributed by atoms with Crippen LogP contribution in [0.1, 0.15) is 10.4 Å². The van der Waals surface area contributed by atoms with Crippen LogP contribution in [0.3, 0.4) is 0 Å². The SMILES string of the molecule is COc1ccc(-n2c(SCC(=O)c3c[nH]c4ccccc34)nc3ccccc32)cc1. The summed E-state index contributed by atoms with van der Waals surface area (Å²) in [6.07, 6.45) is 1.79. The molecule has 0 aliphatic rings. The molecule has 5 nitrogen and oxygen atoms in total. The maximum Gasteiger partial charge on any atom is 0.175 e. The highest BCUT2D eigenvalue weighted by Crippen LogP contribution is 2.30. The number of aromatic nitrogens is 3. The number of benzene rings is 3. The monoisotopic (exact) mass is 413 g/mol. The molecule has 5 rings (SSSR count). The van der Waals surface area contributed by atoms with E-state index < -0.39 is 0 Å². The van der Waals surface area contributed by atoms with E-state index in [9.17, 15) is 4.79 Å². The van der Waals surface area contributed by atoms with E-state index >= 15 is 0 Å². The molecule has 0 unspecified atom stereocenters. The van der Waals surface area contributed by atoms with Gasteiger partial charge in [-0.3, -0.25) is 9.36 Å². The molecule has 0 atom stereocenters. The smallest absolute Gasteiger partial charge is 0.175 e. The summed E-state index contributed by atoms with van der Waals surface area (Å²) >= 11 is 1.45. The van der Waals surface area contributed by atoms with Crippen molar-refractivity contribution in [1.29, 1.82) is 0 Å². The number of rotatable bonds is 6. The number of carbonyl (C=O) groups excluding carboxylic acids is 1. The Labute approximate surface area is 177 Å². The molecular weight excluding hydrogens is 394 g/mol. The number of nitrogens with zero attached hydrogens (tertiary/aromatic N) is 2. The molecule has 0 saturated heterocycles. The van der Waals surface area contributed by atoms with E-state index in [-0.39, 0.29) is 5.78 Å². The average molecular weight is 414 g/mol. The normalized spacial score (nSPS) is 11.2. The van der Waals surface area contributed by atoms with Crippen molar-refractivity contribution in [3.63, 3.8) is 0 Å². The van der Waals surface area contributed by atoms with E-state index in [2.05, 4.69) is 9.55 Å². The number of H-pyrrole nitrogens is 1. The zero-order chi connectivity index (χ0) is 20.5. The van der Waals surface area contributed by atoms with Gasteiger partial charge in [-0.1, -0.05) is 42.1 Å². The Hall–Kier alpha value is -3.51. The lowest BCUT2D eigenvalue weighted by Crippen LogP contribution is -2.04. The molecule has 0 aliphatic carbocycles. The molecule has 0 spiro atoms. The van der Waals surface area contributed by atoms with Crippen LogP contribution in [0, 0.1) is 0 Å². The molecule has 0 aliphatic heterocycles.